The van der Waals surface area contributed by atoms with Crippen molar-refractivity contribution < 1.29 is 14.3 Å². The average molecular weight is 426 g/mol. The molecule has 0 saturated heterocycles. The summed E-state index contributed by atoms with van der Waals surface area (Å²) in [6.45, 7) is 16.9. The zero-order valence-electron chi connectivity index (χ0n) is 15.7. The van der Waals surface area contributed by atoms with Crippen molar-refractivity contribution in [2.24, 2.45) is 11.8 Å². The molecule has 0 amide bonds. The van der Waals surface area contributed by atoms with Gasteiger partial charge in [0.15, 0.2) is 0 Å². The Morgan fingerprint density at radius 2 is 1.55 bits per heavy atom. The van der Waals surface area contributed by atoms with Crippen LogP contribution in [0.1, 0.15) is 68.2 Å². The molecule has 22 heavy (non-hydrogen) atoms. The number of carbonyl (C=O) groups excluding carboxylic acids is 1. The average Bonchev–Trinajstić information content (AvgIpc) is 2.35. The molecule has 0 aliphatic rings. The van der Waals surface area contributed by atoms with E-state index in [-0.39, 0.29) is 34.9 Å². The molecule has 4 heteroatoms. The minimum atomic E-state index is -0.286. The largest absolute Gasteiger partial charge is 0.375 e. The van der Waals surface area contributed by atoms with Crippen LogP contribution in [0.25, 0.3) is 0 Å². The maximum Gasteiger partial charge on any atom is 0.140 e. The molecule has 2 atom stereocenters. The standard InChI is InChI=1S/C18H35IO3/c1-13(2)16(20)14(3)15(4)22-18(7,8)10-12-21-17(5,6)9-11-19/h13-15H,9-12H2,1-8H3. The lowest BCUT2D eigenvalue weighted by atomic mass is 9.92. The molecule has 0 rings (SSSR count). The van der Waals surface area contributed by atoms with Gasteiger partial charge in [-0.3, -0.25) is 4.79 Å². The van der Waals surface area contributed by atoms with Crippen molar-refractivity contribution in [1.82, 2.24) is 0 Å². The molecule has 0 heterocycles. The zero-order chi connectivity index (χ0) is 17.6. The van der Waals surface area contributed by atoms with Crippen molar-refractivity contribution in [2.75, 3.05) is 11.0 Å². The van der Waals surface area contributed by atoms with Gasteiger partial charge in [-0.25, -0.2) is 0 Å². The molecule has 2 unspecified atom stereocenters. The second-order valence-electron chi connectivity index (χ2n) is 7.73. The molecule has 0 aliphatic carbocycles. The van der Waals surface area contributed by atoms with E-state index in [1.165, 1.54) is 0 Å². The van der Waals surface area contributed by atoms with Crippen LogP contribution >= 0.6 is 22.6 Å². The molecule has 0 bridgehead atoms. The zero-order valence-corrected chi connectivity index (χ0v) is 17.8. The highest BCUT2D eigenvalue weighted by Gasteiger charge is 2.29. The monoisotopic (exact) mass is 426 g/mol. The first-order valence-electron chi connectivity index (χ1n) is 8.33. The highest BCUT2D eigenvalue weighted by atomic mass is 127. The number of rotatable bonds is 11. The number of alkyl halides is 1. The normalized spacial score (nSPS) is 15.9. The summed E-state index contributed by atoms with van der Waals surface area (Å²) in [7, 11) is 0. The summed E-state index contributed by atoms with van der Waals surface area (Å²) < 4.78 is 13.2. The Balaban J connectivity index is 4.37. The summed E-state index contributed by atoms with van der Waals surface area (Å²) in [4.78, 5) is 12.1. The number of hydrogen-bond donors (Lipinski definition) is 0. The molecule has 0 radical (unpaired) electrons. The van der Waals surface area contributed by atoms with Crippen molar-refractivity contribution in [3.05, 3.63) is 0 Å². The fourth-order valence-electron chi connectivity index (χ4n) is 2.29. The molecule has 132 valence electrons. The van der Waals surface area contributed by atoms with Crippen LogP contribution in [0.3, 0.4) is 0 Å². The molecular formula is C18H35IO3. The van der Waals surface area contributed by atoms with Gasteiger partial charge in [-0.15, -0.1) is 0 Å². The first-order chi connectivity index (χ1) is 9.92. The van der Waals surface area contributed by atoms with E-state index < -0.39 is 0 Å². The Bertz CT molecular complexity index is 337. The summed E-state index contributed by atoms with van der Waals surface area (Å²) in [5.74, 6) is 0.250. The van der Waals surface area contributed by atoms with Gasteiger partial charge in [-0.2, -0.15) is 0 Å². The molecule has 0 spiro atoms. The minimum absolute atomic E-state index is 0.0570. The van der Waals surface area contributed by atoms with E-state index in [1.807, 2.05) is 27.7 Å². The van der Waals surface area contributed by atoms with Crippen LogP contribution in [0, 0.1) is 11.8 Å². The van der Waals surface area contributed by atoms with E-state index in [2.05, 4.69) is 50.3 Å². The Morgan fingerprint density at radius 1 is 1.00 bits per heavy atom. The van der Waals surface area contributed by atoms with Crippen LogP contribution in [0.5, 0.6) is 0 Å². The van der Waals surface area contributed by atoms with Crippen LogP contribution in [0.15, 0.2) is 0 Å². The Kier molecular flexibility index (Phi) is 9.72. The highest BCUT2D eigenvalue weighted by molar-refractivity contribution is 14.1. The van der Waals surface area contributed by atoms with Crippen molar-refractivity contribution in [3.63, 3.8) is 0 Å². The molecule has 0 saturated carbocycles. The number of carbonyl (C=O) groups is 1. The van der Waals surface area contributed by atoms with E-state index >= 15 is 0 Å². The summed E-state index contributed by atoms with van der Waals surface area (Å²) in [5.41, 5.74) is -0.366. The summed E-state index contributed by atoms with van der Waals surface area (Å²) >= 11 is 2.38. The SMILES string of the molecule is CC(C)C(=O)C(C)C(C)OC(C)(C)CCOC(C)(C)CCI. The van der Waals surface area contributed by atoms with E-state index in [1.54, 1.807) is 0 Å². The number of Topliss-reactive ketones (excluding diaryl/α,β-unsaturated/α-hetero) is 1. The lowest BCUT2D eigenvalue weighted by Crippen LogP contribution is -2.38. The number of hydrogen-bond acceptors (Lipinski definition) is 3. The van der Waals surface area contributed by atoms with Gasteiger partial charge in [0, 0.05) is 16.3 Å². The number of ether oxygens (including phenoxy) is 2. The predicted octanol–water partition coefficient (Wildman–Crippen LogP) is 5.04. The Morgan fingerprint density at radius 3 is 2.00 bits per heavy atom. The first kappa shape index (κ1) is 22.3. The van der Waals surface area contributed by atoms with Crippen molar-refractivity contribution >= 4 is 28.4 Å². The third-order valence-electron chi connectivity index (χ3n) is 4.12. The third kappa shape index (κ3) is 8.82. The van der Waals surface area contributed by atoms with Crippen LogP contribution < -0.4 is 0 Å². The Hall–Kier alpha value is 0.320. The van der Waals surface area contributed by atoms with Gasteiger partial charge in [-0.05, 0) is 47.5 Å². The predicted molar refractivity (Wildman–Crippen MR) is 102 cm³/mol. The van der Waals surface area contributed by atoms with E-state index in [0.29, 0.717) is 6.61 Å². The van der Waals surface area contributed by atoms with Crippen molar-refractivity contribution in [3.8, 4) is 0 Å². The van der Waals surface area contributed by atoms with Gasteiger partial charge < -0.3 is 9.47 Å². The topological polar surface area (TPSA) is 35.5 Å². The fourth-order valence-corrected chi connectivity index (χ4v) is 3.59. The smallest absolute Gasteiger partial charge is 0.140 e. The maximum absolute atomic E-state index is 12.1. The third-order valence-corrected chi connectivity index (χ3v) is 4.66. The van der Waals surface area contributed by atoms with Crippen LogP contribution in [-0.4, -0.2) is 34.1 Å². The maximum atomic E-state index is 12.1. The molecule has 3 nitrogen and oxygen atoms in total. The van der Waals surface area contributed by atoms with Crippen molar-refractivity contribution in [2.45, 2.75) is 85.5 Å². The lowest BCUT2D eigenvalue weighted by Gasteiger charge is -2.33. The molecular weight excluding hydrogens is 391 g/mol. The summed E-state index contributed by atoms with van der Waals surface area (Å²) in [5, 5.41) is 0. The first-order valence-corrected chi connectivity index (χ1v) is 9.86. The minimum Gasteiger partial charge on any atom is -0.375 e. The lowest BCUT2D eigenvalue weighted by molar-refractivity contribution is -0.139. The second kappa shape index (κ2) is 9.58. The number of halogens is 1. The molecule has 0 N–H and O–H groups in total. The van der Waals surface area contributed by atoms with Gasteiger partial charge in [0.2, 0.25) is 0 Å². The van der Waals surface area contributed by atoms with Gasteiger partial charge >= 0.3 is 0 Å². The number of ketones is 1. The van der Waals surface area contributed by atoms with Gasteiger partial charge in [-0.1, -0.05) is 43.4 Å². The summed E-state index contributed by atoms with van der Waals surface area (Å²) in [6, 6.07) is 0. The molecule has 0 aromatic rings. The molecule has 0 aromatic carbocycles. The van der Waals surface area contributed by atoms with Gasteiger partial charge in [0.05, 0.1) is 23.9 Å². The van der Waals surface area contributed by atoms with Gasteiger partial charge in [0.25, 0.3) is 0 Å². The highest BCUT2D eigenvalue weighted by Crippen LogP contribution is 2.24. The second-order valence-corrected chi connectivity index (χ2v) is 8.80. The molecule has 0 aromatic heterocycles. The van der Waals surface area contributed by atoms with Crippen LogP contribution in [0.4, 0.5) is 0 Å². The summed E-state index contributed by atoms with van der Waals surface area (Å²) in [6.07, 6.45) is 1.79. The van der Waals surface area contributed by atoms with Crippen molar-refractivity contribution in [1.29, 1.82) is 0 Å². The van der Waals surface area contributed by atoms with E-state index in [9.17, 15) is 4.79 Å². The quantitative estimate of drug-likeness (QED) is 0.343. The molecule has 0 aliphatic heterocycles. The van der Waals surface area contributed by atoms with Gasteiger partial charge in [0.1, 0.15) is 5.78 Å². The Labute approximate surface area is 151 Å². The van der Waals surface area contributed by atoms with Crippen LogP contribution in [0.2, 0.25) is 0 Å². The van der Waals surface area contributed by atoms with E-state index in [0.717, 1.165) is 17.3 Å². The van der Waals surface area contributed by atoms with Crippen LogP contribution in [-0.2, 0) is 14.3 Å². The van der Waals surface area contributed by atoms with E-state index in [4.69, 9.17) is 9.47 Å². The fraction of sp³-hybridized carbons (Fsp3) is 0.944. The molecule has 0 fully saturated rings.